The van der Waals surface area contributed by atoms with Gasteiger partial charge in [-0.2, -0.15) is 0 Å². The van der Waals surface area contributed by atoms with Crippen LogP contribution < -0.4 is 10.6 Å². The van der Waals surface area contributed by atoms with E-state index in [2.05, 4.69) is 38.7 Å². The molecule has 1 saturated heterocycles. The van der Waals surface area contributed by atoms with Gasteiger partial charge in [-0.1, -0.05) is 35.0 Å². The Hall–Kier alpha value is -1.55. The number of rotatable bonds is 7. The van der Waals surface area contributed by atoms with E-state index in [1.165, 1.54) is 0 Å². The molecule has 1 aromatic carbocycles. The molecule has 1 atom stereocenters. The van der Waals surface area contributed by atoms with Crippen LogP contribution in [0.1, 0.15) is 31.1 Å². The zero-order chi connectivity index (χ0) is 19.8. The number of carbonyl (C=O) groups is 1. The zero-order valence-electron chi connectivity index (χ0n) is 16.6. The Morgan fingerprint density at radius 2 is 2.10 bits per heavy atom. The molecule has 0 saturated carbocycles. The number of likely N-dealkylation sites (tertiary alicyclic amines) is 1. The van der Waals surface area contributed by atoms with Gasteiger partial charge in [-0.3, -0.25) is 4.79 Å². The molecule has 1 aromatic heterocycles. The Kier molecular flexibility index (Phi) is 9.99. The van der Waals surface area contributed by atoms with Gasteiger partial charge >= 0.3 is 0 Å². The second-order valence-electron chi connectivity index (χ2n) is 6.87. The van der Waals surface area contributed by atoms with Gasteiger partial charge in [0, 0.05) is 43.0 Å². The average molecular weight is 575 g/mol. The van der Waals surface area contributed by atoms with Crippen LogP contribution in [0, 0.1) is 0 Å². The number of hydrogen-bond donors (Lipinski definition) is 2. The first-order chi connectivity index (χ1) is 13.6. The summed E-state index contributed by atoms with van der Waals surface area (Å²) in [7, 11) is 0. The maximum absolute atomic E-state index is 11.9. The van der Waals surface area contributed by atoms with Gasteiger partial charge in [0.05, 0.1) is 12.8 Å². The minimum atomic E-state index is 0. The number of nitrogens with one attached hydrogen (secondary N) is 2. The van der Waals surface area contributed by atoms with Crippen molar-refractivity contribution in [2.24, 2.45) is 4.99 Å². The van der Waals surface area contributed by atoms with E-state index in [0.717, 1.165) is 54.2 Å². The zero-order valence-corrected chi connectivity index (χ0v) is 20.5. The van der Waals surface area contributed by atoms with Crippen LogP contribution in [-0.2, 0) is 17.8 Å². The van der Waals surface area contributed by atoms with Gasteiger partial charge in [0.1, 0.15) is 5.76 Å². The third kappa shape index (κ3) is 7.65. The fourth-order valence-electron chi connectivity index (χ4n) is 3.19. The molecule has 6 nitrogen and oxygen atoms in total. The summed E-state index contributed by atoms with van der Waals surface area (Å²) in [6.07, 6.45) is 3.96. The maximum Gasteiger partial charge on any atom is 0.222 e. The second kappa shape index (κ2) is 12.2. The first-order valence-corrected chi connectivity index (χ1v) is 10.5. The largest absolute Gasteiger partial charge is 0.469 e. The van der Waals surface area contributed by atoms with Crippen LogP contribution >= 0.6 is 39.9 Å². The number of guanidine groups is 1. The molecule has 0 radical (unpaired) electrons. The first-order valence-electron chi connectivity index (χ1n) is 9.73. The highest BCUT2D eigenvalue weighted by molar-refractivity contribution is 14.0. The summed E-state index contributed by atoms with van der Waals surface area (Å²) >= 11 is 3.46. The number of hydrogen-bond acceptors (Lipinski definition) is 3. The number of nitrogens with zero attached hydrogens (tertiary/aromatic N) is 2. The SMILES string of the molecule is CCC(=O)N1CCC(NC(=NCc2ccc(Br)cc2)NCCc2ccco2)C1.I. The minimum Gasteiger partial charge on any atom is -0.469 e. The Balaban J connectivity index is 0.00000300. The van der Waals surface area contributed by atoms with Gasteiger partial charge in [0.25, 0.3) is 0 Å². The van der Waals surface area contributed by atoms with Crippen molar-refractivity contribution in [1.29, 1.82) is 0 Å². The van der Waals surface area contributed by atoms with E-state index < -0.39 is 0 Å². The van der Waals surface area contributed by atoms with E-state index in [9.17, 15) is 4.79 Å². The molecule has 1 aliphatic rings. The molecule has 0 aliphatic carbocycles. The predicted molar refractivity (Wildman–Crippen MR) is 130 cm³/mol. The van der Waals surface area contributed by atoms with E-state index in [1.807, 2.05) is 36.1 Å². The molecule has 2 heterocycles. The Morgan fingerprint density at radius 3 is 2.79 bits per heavy atom. The van der Waals surface area contributed by atoms with Crippen molar-refractivity contribution >= 4 is 51.8 Å². The number of benzene rings is 1. The monoisotopic (exact) mass is 574 g/mol. The summed E-state index contributed by atoms with van der Waals surface area (Å²) in [4.78, 5) is 18.6. The van der Waals surface area contributed by atoms with Crippen LogP contribution in [0.2, 0.25) is 0 Å². The van der Waals surface area contributed by atoms with Gasteiger partial charge < -0.3 is 20.0 Å². The average Bonchev–Trinajstić information content (AvgIpc) is 3.39. The number of halogens is 2. The van der Waals surface area contributed by atoms with Crippen molar-refractivity contribution in [3.8, 4) is 0 Å². The number of aliphatic imine (C=N–C) groups is 1. The lowest BCUT2D eigenvalue weighted by molar-refractivity contribution is -0.129. The molecule has 0 bridgehead atoms. The topological polar surface area (TPSA) is 69.9 Å². The van der Waals surface area contributed by atoms with Crippen molar-refractivity contribution < 1.29 is 9.21 Å². The molecule has 8 heteroatoms. The van der Waals surface area contributed by atoms with Crippen LogP contribution in [0.4, 0.5) is 0 Å². The van der Waals surface area contributed by atoms with E-state index in [4.69, 9.17) is 9.41 Å². The number of furan rings is 1. The fraction of sp³-hybridized carbons (Fsp3) is 0.429. The van der Waals surface area contributed by atoms with Crippen LogP contribution in [-0.4, -0.2) is 42.4 Å². The molecule has 29 heavy (non-hydrogen) atoms. The van der Waals surface area contributed by atoms with E-state index in [-0.39, 0.29) is 35.9 Å². The normalized spacial score (nSPS) is 16.4. The quantitative estimate of drug-likeness (QED) is 0.298. The predicted octanol–water partition coefficient (Wildman–Crippen LogP) is 3.95. The molecular formula is C21H28BrIN4O2. The molecule has 2 N–H and O–H groups in total. The molecular weight excluding hydrogens is 547 g/mol. The summed E-state index contributed by atoms with van der Waals surface area (Å²) in [5.74, 6) is 1.93. The Morgan fingerprint density at radius 1 is 1.31 bits per heavy atom. The van der Waals surface area contributed by atoms with Crippen molar-refractivity contribution in [3.05, 3.63) is 58.5 Å². The van der Waals surface area contributed by atoms with Crippen LogP contribution in [0.3, 0.4) is 0 Å². The van der Waals surface area contributed by atoms with Crippen molar-refractivity contribution in [3.63, 3.8) is 0 Å². The van der Waals surface area contributed by atoms with Crippen LogP contribution in [0.25, 0.3) is 0 Å². The molecule has 158 valence electrons. The van der Waals surface area contributed by atoms with Gasteiger partial charge in [-0.25, -0.2) is 4.99 Å². The van der Waals surface area contributed by atoms with Crippen molar-refractivity contribution in [2.75, 3.05) is 19.6 Å². The molecule has 0 spiro atoms. The molecule has 2 aromatic rings. The van der Waals surface area contributed by atoms with Crippen LogP contribution in [0.5, 0.6) is 0 Å². The molecule has 1 unspecified atom stereocenters. The number of carbonyl (C=O) groups excluding carboxylic acids is 1. The summed E-state index contributed by atoms with van der Waals surface area (Å²) in [5.41, 5.74) is 1.14. The maximum atomic E-state index is 11.9. The summed E-state index contributed by atoms with van der Waals surface area (Å²) in [6.45, 7) is 4.75. The van der Waals surface area contributed by atoms with Gasteiger partial charge in [-0.15, -0.1) is 24.0 Å². The van der Waals surface area contributed by atoms with Crippen molar-refractivity contribution in [2.45, 2.75) is 38.8 Å². The summed E-state index contributed by atoms with van der Waals surface area (Å²) < 4.78 is 6.45. The summed E-state index contributed by atoms with van der Waals surface area (Å²) in [6, 6.07) is 12.3. The highest BCUT2D eigenvalue weighted by Crippen LogP contribution is 2.12. The van der Waals surface area contributed by atoms with E-state index in [1.54, 1.807) is 6.26 Å². The highest BCUT2D eigenvalue weighted by atomic mass is 127. The van der Waals surface area contributed by atoms with Gasteiger partial charge in [0.2, 0.25) is 5.91 Å². The Labute approximate surface area is 197 Å². The second-order valence-corrected chi connectivity index (χ2v) is 7.79. The minimum absolute atomic E-state index is 0. The standard InChI is InChI=1S/C21H27BrN4O2.HI/c1-2-20(27)26-12-10-18(15-26)25-21(23-11-9-19-4-3-13-28-19)24-14-16-5-7-17(22)8-6-16;/h3-8,13,18H,2,9-12,14-15H2,1H3,(H2,23,24,25);1H. The first kappa shape index (κ1) is 23.7. The lowest BCUT2D eigenvalue weighted by Crippen LogP contribution is -2.45. The third-order valence-corrected chi connectivity index (χ3v) is 5.29. The van der Waals surface area contributed by atoms with E-state index in [0.29, 0.717) is 13.0 Å². The summed E-state index contributed by atoms with van der Waals surface area (Å²) in [5, 5.41) is 6.88. The molecule has 1 fully saturated rings. The van der Waals surface area contributed by atoms with Crippen LogP contribution in [0.15, 0.2) is 56.5 Å². The highest BCUT2D eigenvalue weighted by Gasteiger charge is 2.25. The Bertz CT molecular complexity index is 780. The smallest absolute Gasteiger partial charge is 0.222 e. The fourth-order valence-corrected chi connectivity index (χ4v) is 3.46. The molecule has 1 aliphatic heterocycles. The van der Waals surface area contributed by atoms with Gasteiger partial charge in [0.15, 0.2) is 5.96 Å². The molecule has 3 rings (SSSR count). The molecule has 1 amide bonds. The lowest BCUT2D eigenvalue weighted by Gasteiger charge is -2.19. The van der Waals surface area contributed by atoms with E-state index >= 15 is 0 Å². The number of amides is 1. The van der Waals surface area contributed by atoms with Gasteiger partial charge in [-0.05, 0) is 36.2 Å². The lowest BCUT2D eigenvalue weighted by atomic mass is 10.2. The van der Waals surface area contributed by atoms with Crippen molar-refractivity contribution in [1.82, 2.24) is 15.5 Å². The third-order valence-electron chi connectivity index (χ3n) is 4.76.